The summed E-state index contributed by atoms with van der Waals surface area (Å²) in [6, 6.07) is 0. The molecule has 1 saturated heterocycles. The Hall–Kier alpha value is -0.170. The van der Waals surface area contributed by atoms with Gasteiger partial charge in [-0.1, -0.05) is 0 Å². The van der Waals surface area contributed by atoms with Crippen LogP contribution in [0.1, 0.15) is 12.8 Å². The van der Waals surface area contributed by atoms with Crippen LogP contribution < -0.4 is 4.90 Å². The second kappa shape index (κ2) is 2.40. The minimum Gasteiger partial charge on any atom is -0.433 e. The van der Waals surface area contributed by atoms with Gasteiger partial charge in [-0.15, -0.1) is 14.0 Å². The van der Waals surface area contributed by atoms with Crippen molar-refractivity contribution in [3.05, 3.63) is 19.9 Å². The molecule has 1 unspecified atom stereocenters. The number of quaternary nitrogens is 1. The maximum absolute atomic E-state index is 3.90. The van der Waals surface area contributed by atoms with Crippen LogP contribution in [0.5, 0.6) is 0 Å². The van der Waals surface area contributed by atoms with Crippen LogP contribution in [0.3, 0.4) is 0 Å². The van der Waals surface area contributed by atoms with Crippen molar-refractivity contribution in [2.75, 3.05) is 13.1 Å². The summed E-state index contributed by atoms with van der Waals surface area (Å²) in [6.07, 6.45) is 2.50. The maximum atomic E-state index is 3.90. The summed E-state index contributed by atoms with van der Waals surface area (Å²) in [6.45, 7) is 6.21. The topological polar surface area (TPSA) is 4.44 Å². The van der Waals surface area contributed by atoms with Gasteiger partial charge in [0.05, 0.1) is 13.0 Å². The van der Waals surface area contributed by atoms with E-state index in [0.29, 0.717) is 0 Å². The van der Waals surface area contributed by atoms with Gasteiger partial charge < -0.3 is 4.90 Å². The molecule has 1 aliphatic rings. The molecule has 1 heteroatoms. The van der Waals surface area contributed by atoms with Crippen LogP contribution in [0.25, 0.3) is 0 Å². The molecule has 0 aliphatic carbocycles. The third-order valence-corrected chi connectivity index (χ3v) is 1.56. The molecule has 8 heavy (non-hydrogen) atoms. The monoisotopic (exact) mass is 111 g/mol. The fourth-order valence-corrected chi connectivity index (χ4v) is 1.12. The van der Waals surface area contributed by atoms with Crippen molar-refractivity contribution < 1.29 is 4.90 Å². The lowest BCUT2D eigenvalue weighted by Gasteiger charge is -2.25. The molecule has 1 N–H and O–H groups in total. The number of nitrogens with one attached hydrogen (secondary N) is 1. The van der Waals surface area contributed by atoms with Gasteiger partial charge in [-0.3, -0.25) is 0 Å². The summed E-state index contributed by atoms with van der Waals surface area (Å²) in [5.41, 5.74) is 0. The Labute approximate surface area is 51.7 Å². The van der Waals surface area contributed by atoms with Crippen LogP contribution >= 0.6 is 0 Å². The first-order valence-corrected chi connectivity index (χ1v) is 3.12. The zero-order chi connectivity index (χ0) is 5.98. The molecule has 1 rings (SSSR count). The van der Waals surface area contributed by atoms with E-state index in [1.54, 1.807) is 0 Å². The van der Waals surface area contributed by atoms with Gasteiger partial charge >= 0.3 is 0 Å². The largest absolute Gasteiger partial charge is 0.433 e. The molecule has 1 heterocycles. The van der Waals surface area contributed by atoms with Gasteiger partial charge in [0.25, 0.3) is 0 Å². The van der Waals surface area contributed by atoms with Gasteiger partial charge in [-0.2, -0.15) is 0 Å². The van der Waals surface area contributed by atoms with Crippen molar-refractivity contribution >= 4 is 0 Å². The van der Waals surface area contributed by atoms with Gasteiger partial charge in [-0.05, 0) is 5.92 Å². The zero-order valence-electron chi connectivity index (χ0n) is 5.24. The van der Waals surface area contributed by atoms with Crippen molar-refractivity contribution in [1.29, 1.82) is 0 Å². The average Bonchev–Trinajstić information content (AvgIpc) is 1.64. The normalized spacial score (nSPS) is 30.8. The first-order valence-electron chi connectivity index (χ1n) is 3.12. The lowest BCUT2D eigenvalue weighted by molar-refractivity contribution is -0.854. The predicted molar refractivity (Wildman–Crippen MR) is 33.9 cm³/mol. The molecule has 1 fully saturated rings. The summed E-state index contributed by atoms with van der Waals surface area (Å²) in [5, 5.41) is 0. The first-order chi connectivity index (χ1) is 3.79. The predicted octanol–water partition coefficient (Wildman–Crippen LogP) is -0.135. The highest BCUT2D eigenvalue weighted by Crippen LogP contribution is 2.05. The Morgan fingerprint density at radius 2 is 2.25 bits per heavy atom. The van der Waals surface area contributed by atoms with E-state index in [9.17, 15) is 0 Å². The maximum Gasteiger partial charge on any atom is 0.158 e. The number of piperidine rings is 1. The molecule has 0 aromatic rings. The van der Waals surface area contributed by atoms with Crippen LogP contribution in [0, 0.1) is 19.9 Å². The molecule has 0 saturated carbocycles. The average molecular weight is 111 g/mol. The van der Waals surface area contributed by atoms with Crippen LogP contribution in [0.4, 0.5) is 0 Å². The van der Waals surface area contributed by atoms with E-state index in [1.807, 2.05) is 0 Å². The molecule has 1 nitrogen and oxygen atoms in total. The molecule has 1 aliphatic heterocycles. The molecule has 0 aromatic heterocycles. The van der Waals surface area contributed by atoms with E-state index in [0.717, 1.165) is 6.54 Å². The number of hydrogen-bond acceptors (Lipinski definition) is 0. The smallest absolute Gasteiger partial charge is 0.158 e. The summed E-state index contributed by atoms with van der Waals surface area (Å²) < 4.78 is 0. The number of hydrogen-bond donors (Lipinski definition) is 1. The number of rotatable bonds is 0. The molecule has 0 radical (unpaired) electrons. The van der Waals surface area contributed by atoms with Gasteiger partial charge in [0.2, 0.25) is 0 Å². The first kappa shape index (κ1) is 5.96. The lowest BCUT2D eigenvalue weighted by Crippen LogP contribution is -3.08. The SMILES string of the molecule is [CH2-][C+]1CCC[NH+]([CH2-])C1. The van der Waals surface area contributed by atoms with Crippen LogP contribution in [0.2, 0.25) is 0 Å². The molecule has 46 valence electrons. The molecule has 0 amide bonds. The Kier molecular flexibility index (Phi) is 1.79. The van der Waals surface area contributed by atoms with Gasteiger partial charge in [0.15, 0.2) is 6.54 Å². The molecule has 0 spiro atoms. The summed E-state index contributed by atoms with van der Waals surface area (Å²) >= 11 is 0. The van der Waals surface area contributed by atoms with Crippen LogP contribution in [0.15, 0.2) is 0 Å². The minimum absolute atomic E-state index is 1.08. The summed E-state index contributed by atoms with van der Waals surface area (Å²) in [5.74, 6) is 1.36. The fourth-order valence-electron chi connectivity index (χ4n) is 1.12. The quantitative estimate of drug-likeness (QED) is 0.415. The summed E-state index contributed by atoms with van der Waals surface area (Å²) in [7, 11) is 3.90. The Morgan fingerprint density at radius 3 is 2.62 bits per heavy atom. The fraction of sp³-hybridized carbons (Fsp3) is 0.571. The molecular weight excluding hydrogens is 98.1 g/mol. The van der Waals surface area contributed by atoms with Gasteiger partial charge in [0, 0.05) is 6.42 Å². The van der Waals surface area contributed by atoms with Crippen molar-refractivity contribution in [3.63, 3.8) is 0 Å². The lowest BCUT2D eigenvalue weighted by atomic mass is 10.0. The Morgan fingerprint density at radius 1 is 1.50 bits per heavy atom. The van der Waals surface area contributed by atoms with Crippen molar-refractivity contribution in [2.24, 2.45) is 0 Å². The highest BCUT2D eigenvalue weighted by atomic mass is 15.1. The van der Waals surface area contributed by atoms with E-state index in [-0.39, 0.29) is 0 Å². The standard InChI is InChI=1S/C7H13N/c1-7-4-3-5-8(2)6-7/h8H,1-6H2. The molecule has 0 aromatic carbocycles. The second-order valence-corrected chi connectivity index (χ2v) is 2.53. The van der Waals surface area contributed by atoms with E-state index in [4.69, 9.17) is 0 Å². The molecular formula is C7H13N. The van der Waals surface area contributed by atoms with Crippen LogP contribution in [-0.4, -0.2) is 13.1 Å². The van der Waals surface area contributed by atoms with E-state index in [1.165, 1.54) is 30.2 Å². The highest BCUT2D eigenvalue weighted by Gasteiger charge is 2.15. The number of likely N-dealkylation sites (tertiary alicyclic amines) is 1. The van der Waals surface area contributed by atoms with Gasteiger partial charge in [0.1, 0.15) is 0 Å². The van der Waals surface area contributed by atoms with Crippen molar-refractivity contribution in [1.82, 2.24) is 0 Å². The van der Waals surface area contributed by atoms with E-state index in [2.05, 4.69) is 14.0 Å². The van der Waals surface area contributed by atoms with E-state index >= 15 is 0 Å². The minimum atomic E-state index is 1.08. The molecule has 1 atom stereocenters. The summed E-state index contributed by atoms with van der Waals surface area (Å²) in [4.78, 5) is 1.36. The van der Waals surface area contributed by atoms with E-state index < -0.39 is 0 Å². The molecule has 0 bridgehead atoms. The zero-order valence-corrected chi connectivity index (χ0v) is 5.24. The van der Waals surface area contributed by atoms with Crippen LogP contribution in [-0.2, 0) is 0 Å². The van der Waals surface area contributed by atoms with Crippen molar-refractivity contribution in [2.45, 2.75) is 12.8 Å². The Balaban J connectivity index is 2.23. The van der Waals surface area contributed by atoms with Gasteiger partial charge in [-0.25, -0.2) is 0 Å². The third-order valence-electron chi connectivity index (χ3n) is 1.56. The third kappa shape index (κ3) is 1.41. The highest BCUT2D eigenvalue weighted by molar-refractivity contribution is 4.93. The Bertz CT molecular complexity index is 62.8. The van der Waals surface area contributed by atoms with Crippen molar-refractivity contribution in [3.8, 4) is 0 Å². The second-order valence-electron chi connectivity index (χ2n) is 2.53.